The predicted molar refractivity (Wildman–Crippen MR) is 141 cm³/mol. The molecule has 186 valence electrons. The minimum absolute atomic E-state index is 0.257. The zero-order chi connectivity index (χ0) is 25.9. The molecular formula is C29H27N5O3. The van der Waals surface area contributed by atoms with E-state index in [1.54, 1.807) is 6.20 Å². The molecule has 4 aromatic rings. The van der Waals surface area contributed by atoms with E-state index in [2.05, 4.69) is 20.7 Å². The summed E-state index contributed by atoms with van der Waals surface area (Å²) in [5.74, 6) is -0.934. The zero-order valence-electron chi connectivity index (χ0n) is 20.6. The van der Waals surface area contributed by atoms with Gasteiger partial charge in [0.2, 0.25) is 5.91 Å². The minimum atomic E-state index is -1.02. The molecule has 3 aromatic carbocycles. The van der Waals surface area contributed by atoms with Crippen LogP contribution >= 0.6 is 0 Å². The van der Waals surface area contributed by atoms with Gasteiger partial charge >= 0.3 is 0 Å². The summed E-state index contributed by atoms with van der Waals surface area (Å²) in [6, 6.07) is 22.6. The van der Waals surface area contributed by atoms with Crippen molar-refractivity contribution in [3.05, 3.63) is 107 Å². The van der Waals surface area contributed by atoms with E-state index in [-0.39, 0.29) is 24.1 Å². The lowest BCUT2D eigenvalue weighted by Crippen LogP contribution is -2.55. The van der Waals surface area contributed by atoms with Crippen LogP contribution in [-0.4, -0.2) is 39.6 Å². The van der Waals surface area contributed by atoms with Crippen LogP contribution < -0.4 is 10.6 Å². The van der Waals surface area contributed by atoms with Crippen molar-refractivity contribution in [2.75, 3.05) is 0 Å². The lowest BCUT2D eigenvalue weighted by atomic mass is 10.0. The number of amides is 3. The normalized spacial score (nSPS) is 16.2. The van der Waals surface area contributed by atoms with Crippen LogP contribution in [0.3, 0.4) is 0 Å². The summed E-state index contributed by atoms with van der Waals surface area (Å²) in [4.78, 5) is 43.0. The van der Waals surface area contributed by atoms with Gasteiger partial charge in [0.15, 0.2) is 11.9 Å². The van der Waals surface area contributed by atoms with E-state index in [1.807, 2.05) is 85.8 Å². The monoisotopic (exact) mass is 493 g/mol. The van der Waals surface area contributed by atoms with E-state index < -0.39 is 18.0 Å². The smallest absolute Gasteiger partial charge is 0.266 e. The summed E-state index contributed by atoms with van der Waals surface area (Å²) in [7, 11) is 0. The van der Waals surface area contributed by atoms with Crippen molar-refractivity contribution >= 4 is 34.5 Å². The molecule has 0 aliphatic carbocycles. The number of nitrogens with one attached hydrogen (secondary N) is 3. The van der Waals surface area contributed by atoms with Gasteiger partial charge in [-0.15, -0.1) is 0 Å². The maximum absolute atomic E-state index is 14.1. The van der Waals surface area contributed by atoms with Crippen molar-refractivity contribution in [3.63, 3.8) is 0 Å². The van der Waals surface area contributed by atoms with Crippen LogP contribution in [0.15, 0.2) is 90.2 Å². The van der Waals surface area contributed by atoms with Gasteiger partial charge in [-0.1, -0.05) is 78.4 Å². The second-order valence-corrected chi connectivity index (χ2v) is 9.12. The Morgan fingerprint density at radius 2 is 1.70 bits per heavy atom. The molecule has 8 heteroatoms. The molecule has 0 unspecified atom stereocenters. The largest absolute Gasteiger partial charge is 0.361 e. The van der Waals surface area contributed by atoms with Crippen molar-refractivity contribution in [3.8, 4) is 0 Å². The van der Waals surface area contributed by atoms with Crippen LogP contribution in [0.1, 0.15) is 35.2 Å². The van der Waals surface area contributed by atoms with Crippen molar-refractivity contribution in [1.82, 2.24) is 20.6 Å². The standard InChI is InChI=1S/C29H27N5O3/c1-18-12-14-21(15-13-18)27-32-28(36)26(23-17-30-24-11-7-6-10-22(23)24)34(33-27)29(37)25(31-19(2)35)16-20-8-4-3-5-9-20/h3-15,17,25-26,30H,16H2,1-2H3,(H,31,35)(H,32,33,36)/t25-,26-/m0/s1. The summed E-state index contributed by atoms with van der Waals surface area (Å²) in [5, 5.41) is 12.3. The number of aromatic amines is 1. The van der Waals surface area contributed by atoms with Crippen LogP contribution in [0.2, 0.25) is 0 Å². The Balaban J connectivity index is 1.60. The van der Waals surface area contributed by atoms with Crippen LogP contribution in [-0.2, 0) is 20.8 Å². The predicted octanol–water partition coefficient (Wildman–Crippen LogP) is 3.59. The summed E-state index contributed by atoms with van der Waals surface area (Å²) in [6.45, 7) is 3.34. The first-order valence-electron chi connectivity index (χ1n) is 12.1. The number of aryl methyl sites for hydroxylation is 1. The fourth-order valence-electron chi connectivity index (χ4n) is 4.55. The average molecular weight is 494 g/mol. The number of benzene rings is 3. The molecule has 1 aromatic heterocycles. The van der Waals surface area contributed by atoms with Gasteiger partial charge < -0.3 is 15.6 Å². The highest BCUT2D eigenvalue weighted by atomic mass is 16.2. The van der Waals surface area contributed by atoms with Gasteiger partial charge in [-0.25, -0.2) is 5.01 Å². The average Bonchev–Trinajstić information content (AvgIpc) is 3.32. The van der Waals surface area contributed by atoms with Crippen molar-refractivity contribution in [2.45, 2.75) is 32.4 Å². The molecule has 1 aliphatic rings. The Morgan fingerprint density at radius 1 is 1.00 bits per heavy atom. The van der Waals surface area contributed by atoms with Crippen LogP contribution in [0.25, 0.3) is 10.9 Å². The number of H-pyrrole nitrogens is 1. The summed E-state index contributed by atoms with van der Waals surface area (Å²) in [6.07, 6.45) is 1.99. The highest BCUT2D eigenvalue weighted by Gasteiger charge is 2.40. The highest BCUT2D eigenvalue weighted by Crippen LogP contribution is 2.32. The van der Waals surface area contributed by atoms with E-state index >= 15 is 0 Å². The second kappa shape index (κ2) is 10.1. The van der Waals surface area contributed by atoms with E-state index in [9.17, 15) is 14.4 Å². The summed E-state index contributed by atoms with van der Waals surface area (Å²) < 4.78 is 0. The fraction of sp³-hybridized carbons (Fsp3) is 0.172. The molecule has 0 saturated heterocycles. The van der Waals surface area contributed by atoms with E-state index in [0.29, 0.717) is 11.1 Å². The van der Waals surface area contributed by atoms with Crippen molar-refractivity contribution in [2.24, 2.45) is 5.10 Å². The number of para-hydroxylation sites is 1. The van der Waals surface area contributed by atoms with Gasteiger partial charge in [0.1, 0.15) is 6.04 Å². The topological polar surface area (TPSA) is 107 Å². The fourth-order valence-corrected chi connectivity index (χ4v) is 4.55. The van der Waals surface area contributed by atoms with Crippen molar-refractivity contribution in [1.29, 1.82) is 0 Å². The summed E-state index contributed by atoms with van der Waals surface area (Å²) >= 11 is 0. The molecular weight excluding hydrogens is 466 g/mol. The Hall–Kier alpha value is -4.72. The van der Waals surface area contributed by atoms with Crippen LogP contribution in [0, 0.1) is 6.92 Å². The lowest BCUT2D eigenvalue weighted by Gasteiger charge is -2.34. The molecule has 0 spiro atoms. The molecule has 37 heavy (non-hydrogen) atoms. The number of hydrogen-bond acceptors (Lipinski definition) is 4. The van der Waals surface area contributed by atoms with Gasteiger partial charge in [0.05, 0.1) is 0 Å². The third-order valence-electron chi connectivity index (χ3n) is 6.37. The Bertz CT molecular complexity index is 1490. The van der Waals surface area contributed by atoms with Crippen LogP contribution in [0.4, 0.5) is 0 Å². The number of amidine groups is 1. The van der Waals surface area contributed by atoms with Gasteiger partial charge in [0, 0.05) is 41.6 Å². The molecule has 0 fully saturated rings. The summed E-state index contributed by atoms with van der Waals surface area (Å²) in [5.41, 5.74) is 4.07. The van der Waals surface area contributed by atoms with E-state index in [1.165, 1.54) is 11.9 Å². The third-order valence-corrected chi connectivity index (χ3v) is 6.37. The molecule has 8 nitrogen and oxygen atoms in total. The molecule has 2 atom stereocenters. The molecule has 2 heterocycles. The number of carbonyl (C=O) groups excluding carboxylic acids is 3. The Morgan fingerprint density at radius 3 is 2.43 bits per heavy atom. The molecule has 1 aliphatic heterocycles. The van der Waals surface area contributed by atoms with Gasteiger partial charge in [-0.3, -0.25) is 14.4 Å². The SMILES string of the molecule is CC(=O)N[C@@H](Cc1ccccc1)C(=O)N1N=C(c2ccc(C)cc2)NC(=O)[C@@H]1c1c[nH]c2ccccc12. The van der Waals surface area contributed by atoms with E-state index in [0.717, 1.165) is 22.0 Å². The highest BCUT2D eigenvalue weighted by molar-refractivity contribution is 6.12. The number of hydrogen-bond donors (Lipinski definition) is 3. The molecule has 5 rings (SSSR count). The number of fused-ring (bicyclic) bond motifs is 1. The van der Waals surface area contributed by atoms with Crippen molar-refractivity contribution < 1.29 is 14.4 Å². The number of nitrogens with zero attached hydrogens (tertiary/aromatic N) is 2. The molecule has 0 radical (unpaired) electrons. The molecule has 0 bridgehead atoms. The first-order valence-corrected chi connectivity index (χ1v) is 12.1. The number of hydrazone groups is 1. The number of carbonyl (C=O) groups is 3. The zero-order valence-corrected chi connectivity index (χ0v) is 20.6. The first-order chi connectivity index (χ1) is 17.9. The minimum Gasteiger partial charge on any atom is -0.361 e. The number of rotatable bonds is 6. The number of aromatic nitrogens is 1. The third kappa shape index (κ3) is 4.99. The van der Waals surface area contributed by atoms with Gasteiger partial charge in [-0.05, 0) is 18.6 Å². The van der Waals surface area contributed by atoms with Crippen LogP contribution in [0.5, 0.6) is 0 Å². The molecule has 3 amide bonds. The van der Waals surface area contributed by atoms with Gasteiger partial charge in [0.25, 0.3) is 11.8 Å². The lowest BCUT2D eigenvalue weighted by molar-refractivity contribution is -0.144. The quantitative estimate of drug-likeness (QED) is 0.382. The maximum Gasteiger partial charge on any atom is 0.266 e. The Kier molecular flexibility index (Phi) is 6.55. The first kappa shape index (κ1) is 24.0. The molecule has 3 N–H and O–H groups in total. The second-order valence-electron chi connectivity index (χ2n) is 9.12. The Labute approximate surface area is 214 Å². The molecule has 0 saturated carbocycles. The maximum atomic E-state index is 14.1. The van der Waals surface area contributed by atoms with Gasteiger partial charge in [-0.2, -0.15) is 5.10 Å². The van der Waals surface area contributed by atoms with E-state index in [4.69, 9.17) is 0 Å².